The van der Waals surface area contributed by atoms with E-state index in [9.17, 15) is 12.6 Å². The molecule has 1 aromatic heterocycles. The summed E-state index contributed by atoms with van der Waals surface area (Å²) in [6.45, 7) is 14.2. The Hall–Kier alpha value is -2.57. The molecule has 0 aliphatic carbocycles. The highest BCUT2D eigenvalue weighted by atomic mass is 32.2. The lowest BCUT2D eigenvalue weighted by molar-refractivity contribution is 0.0384. The maximum absolute atomic E-state index is 14.2. The number of piperazine rings is 1. The third-order valence-corrected chi connectivity index (χ3v) is 12.7. The SMILES string of the molecule is CCOc1ccc(S(=O)(=O)c2cnc3ccc([S@](C)=O)cc3c2N2CCC(N3CCN(C4CCN(CC)CC4)CC3)CC2)cc1. The first-order valence-electron chi connectivity index (χ1n) is 16.5. The molecule has 3 fully saturated rings. The van der Waals surface area contributed by atoms with E-state index in [0.29, 0.717) is 34.5 Å². The third-order valence-electron chi connectivity index (χ3n) is 10.0. The van der Waals surface area contributed by atoms with Crippen LogP contribution in [0, 0.1) is 0 Å². The molecular weight excluding hydrogens is 607 g/mol. The maximum atomic E-state index is 14.2. The van der Waals surface area contributed by atoms with Crippen LogP contribution in [0.1, 0.15) is 39.5 Å². The van der Waals surface area contributed by atoms with Gasteiger partial charge in [0.2, 0.25) is 9.84 Å². The standard InChI is InChI=1S/C34H47N5O4S2/c1-4-36-16-12-26(13-17-36)37-20-22-38(23-21-37)27-14-18-39(19-15-27)34-31-24-29(44(3)40)8-11-32(31)35-25-33(34)45(41,42)30-9-6-28(7-10-30)43-5-2/h6-11,24-27H,4-5,12-23H2,1-3H3/t44-/m0/s1. The minimum Gasteiger partial charge on any atom is -0.494 e. The van der Waals surface area contributed by atoms with Crippen LogP contribution in [0.4, 0.5) is 5.69 Å². The van der Waals surface area contributed by atoms with Crippen LogP contribution in [0.15, 0.2) is 63.3 Å². The zero-order chi connectivity index (χ0) is 31.6. The molecule has 0 unspecified atom stereocenters. The Morgan fingerprint density at radius 2 is 1.44 bits per heavy atom. The van der Waals surface area contributed by atoms with Crippen LogP contribution in [0.5, 0.6) is 5.75 Å². The molecule has 11 heteroatoms. The monoisotopic (exact) mass is 653 g/mol. The topological polar surface area (TPSA) is 86.3 Å². The van der Waals surface area contributed by atoms with Crippen molar-refractivity contribution < 1.29 is 17.4 Å². The molecule has 9 nitrogen and oxygen atoms in total. The van der Waals surface area contributed by atoms with E-state index in [1.165, 1.54) is 32.1 Å². The molecule has 0 saturated carbocycles. The van der Waals surface area contributed by atoms with Gasteiger partial charge in [0.15, 0.2) is 0 Å². The first kappa shape index (κ1) is 32.4. The lowest BCUT2D eigenvalue weighted by atomic mass is 9.99. The molecule has 0 spiro atoms. The lowest BCUT2D eigenvalue weighted by Crippen LogP contribution is -2.56. The Morgan fingerprint density at radius 1 is 0.844 bits per heavy atom. The van der Waals surface area contributed by atoms with Gasteiger partial charge in [-0.2, -0.15) is 0 Å². The predicted octanol–water partition coefficient (Wildman–Crippen LogP) is 4.27. The van der Waals surface area contributed by atoms with Crippen LogP contribution in [-0.4, -0.2) is 116 Å². The van der Waals surface area contributed by atoms with Crippen molar-refractivity contribution in [1.82, 2.24) is 19.7 Å². The summed E-state index contributed by atoms with van der Waals surface area (Å²) in [7, 11) is -5.09. The van der Waals surface area contributed by atoms with E-state index in [0.717, 1.165) is 70.1 Å². The van der Waals surface area contributed by atoms with Crippen LogP contribution >= 0.6 is 0 Å². The van der Waals surface area contributed by atoms with Gasteiger partial charge in [0.05, 0.1) is 22.7 Å². The molecule has 6 rings (SSSR count). The fourth-order valence-electron chi connectivity index (χ4n) is 7.37. The number of hydrogen-bond acceptors (Lipinski definition) is 9. The molecule has 3 aliphatic rings. The van der Waals surface area contributed by atoms with Gasteiger partial charge < -0.3 is 14.5 Å². The second kappa shape index (κ2) is 14.0. The normalized spacial score (nSPS) is 20.9. The second-order valence-electron chi connectivity index (χ2n) is 12.5. The molecular formula is C34H47N5O4S2. The van der Waals surface area contributed by atoms with Crippen molar-refractivity contribution >= 4 is 37.2 Å². The predicted molar refractivity (Wildman–Crippen MR) is 181 cm³/mol. The molecule has 2 aromatic carbocycles. The largest absolute Gasteiger partial charge is 0.494 e. The van der Waals surface area contributed by atoms with Gasteiger partial charge in [-0.1, -0.05) is 6.92 Å². The zero-order valence-electron chi connectivity index (χ0n) is 26.9. The smallest absolute Gasteiger partial charge is 0.210 e. The zero-order valence-corrected chi connectivity index (χ0v) is 28.5. The minimum atomic E-state index is -3.89. The van der Waals surface area contributed by atoms with Gasteiger partial charge in [-0.3, -0.25) is 19.0 Å². The average Bonchev–Trinajstić information content (AvgIpc) is 3.08. The van der Waals surface area contributed by atoms with Crippen LogP contribution in [-0.2, 0) is 20.6 Å². The fourth-order valence-corrected chi connectivity index (χ4v) is 9.35. The van der Waals surface area contributed by atoms with Gasteiger partial charge in [-0.25, -0.2) is 8.42 Å². The number of pyridine rings is 1. The number of benzene rings is 2. The van der Waals surface area contributed by atoms with Crippen molar-refractivity contribution in [3.8, 4) is 5.75 Å². The molecule has 3 aliphatic heterocycles. The number of anilines is 1. The van der Waals surface area contributed by atoms with E-state index in [4.69, 9.17) is 4.74 Å². The van der Waals surface area contributed by atoms with Gasteiger partial charge in [-0.05, 0) is 94.7 Å². The molecule has 0 bridgehead atoms. The summed E-state index contributed by atoms with van der Waals surface area (Å²) in [5.74, 6) is 0.633. The highest BCUT2D eigenvalue weighted by molar-refractivity contribution is 7.91. The maximum Gasteiger partial charge on any atom is 0.210 e. The van der Waals surface area contributed by atoms with Gasteiger partial charge in [0, 0.05) is 84.9 Å². The molecule has 45 heavy (non-hydrogen) atoms. The van der Waals surface area contributed by atoms with E-state index in [2.05, 4.69) is 31.5 Å². The molecule has 0 amide bonds. The average molecular weight is 654 g/mol. The fraction of sp³-hybridized carbons (Fsp3) is 0.559. The van der Waals surface area contributed by atoms with Gasteiger partial charge in [0.25, 0.3) is 0 Å². The molecule has 1 atom stereocenters. The second-order valence-corrected chi connectivity index (χ2v) is 15.8. The van der Waals surface area contributed by atoms with Crippen molar-refractivity contribution in [2.75, 3.05) is 76.7 Å². The van der Waals surface area contributed by atoms with Crippen molar-refractivity contribution in [2.45, 2.75) is 66.3 Å². The van der Waals surface area contributed by atoms with E-state index in [1.54, 1.807) is 30.5 Å². The van der Waals surface area contributed by atoms with Crippen molar-refractivity contribution in [3.05, 3.63) is 48.7 Å². The third kappa shape index (κ3) is 6.93. The summed E-state index contributed by atoms with van der Waals surface area (Å²) < 4.78 is 46.3. The highest BCUT2D eigenvalue weighted by Crippen LogP contribution is 2.38. The number of sulfone groups is 1. The van der Waals surface area contributed by atoms with Gasteiger partial charge >= 0.3 is 0 Å². The van der Waals surface area contributed by atoms with Gasteiger partial charge in [0.1, 0.15) is 10.6 Å². The van der Waals surface area contributed by atoms with Crippen LogP contribution in [0.3, 0.4) is 0 Å². The Kier molecular flexibility index (Phi) is 10.1. The molecule has 0 N–H and O–H groups in total. The quantitative estimate of drug-likeness (QED) is 0.336. The first-order chi connectivity index (χ1) is 21.8. The summed E-state index contributed by atoms with van der Waals surface area (Å²) in [5, 5.41) is 0.732. The number of hydrogen-bond donors (Lipinski definition) is 0. The summed E-state index contributed by atoms with van der Waals surface area (Å²) in [4.78, 5) is 15.8. The van der Waals surface area contributed by atoms with E-state index >= 15 is 0 Å². The number of nitrogens with zero attached hydrogens (tertiary/aromatic N) is 5. The van der Waals surface area contributed by atoms with Crippen LogP contribution < -0.4 is 9.64 Å². The van der Waals surface area contributed by atoms with Crippen molar-refractivity contribution in [1.29, 1.82) is 0 Å². The molecule has 0 radical (unpaired) electrons. The summed E-state index contributed by atoms with van der Waals surface area (Å²) in [6, 6.07) is 13.3. The van der Waals surface area contributed by atoms with E-state index < -0.39 is 20.6 Å². The molecule has 3 aromatic rings. The van der Waals surface area contributed by atoms with Crippen LogP contribution in [0.2, 0.25) is 0 Å². The summed E-state index contributed by atoms with van der Waals surface area (Å²) in [5.41, 5.74) is 1.37. The van der Waals surface area contributed by atoms with Crippen molar-refractivity contribution in [2.24, 2.45) is 0 Å². The lowest BCUT2D eigenvalue weighted by Gasteiger charge is -2.46. The number of piperidine rings is 2. The van der Waals surface area contributed by atoms with Crippen LogP contribution in [0.25, 0.3) is 10.9 Å². The number of ether oxygens (including phenoxy) is 1. The highest BCUT2D eigenvalue weighted by Gasteiger charge is 2.33. The number of rotatable bonds is 9. The molecule has 4 heterocycles. The number of likely N-dealkylation sites (tertiary alicyclic amines) is 1. The number of aromatic nitrogens is 1. The van der Waals surface area contributed by atoms with E-state index in [-0.39, 0.29) is 9.79 Å². The number of fused-ring (bicyclic) bond motifs is 1. The molecule has 244 valence electrons. The van der Waals surface area contributed by atoms with Crippen molar-refractivity contribution in [3.63, 3.8) is 0 Å². The summed E-state index contributed by atoms with van der Waals surface area (Å²) in [6.07, 6.45) is 7.65. The van der Waals surface area contributed by atoms with Gasteiger partial charge in [-0.15, -0.1) is 0 Å². The Labute approximate surface area is 270 Å². The summed E-state index contributed by atoms with van der Waals surface area (Å²) >= 11 is 0. The first-order valence-corrected chi connectivity index (χ1v) is 19.5. The minimum absolute atomic E-state index is 0.194. The van der Waals surface area contributed by atoms with E-state index in [1.807, 2.05) is 25.1 Å². The Bertz CT molecular complexity index is 1590. The Balaban J connectivity index is 1.22. The molecule has 3 saturated heterocycles. The Morgan fingerprint density at radius 3 is 2.00 bits per heavy atom.